The fraction of sp³-hybridized carbons (Fsp3) is 0.667. The molecule has 1 saturated carbocycles. The van der Waals surface area contributed by atoms with Crippen molar-refractivity contribution in [1.29, 1.82) is 0 Å². The molecule has 0 bridgehead atoms. The monoisotopic (exact) mass is 431 g/mol. The normalized spacial score (nSPS) is 24.1. The van der Waals surface area contributed by atoms with Crippen molar-refractivity contribution >= 4 is 11.9 Å². The lowest BCUT2D eigenvalue weighted by atomic mass is 9.67. The predicted octanol–water partition coefficient (Wildman–Crippen LogP) is 4.01. The summed E-state index contributed by atoms with van der Waals surface area (Å²) in [5.41, 5.74) is 0.531. The molecule has 0 atom stereocenters. The van der Waals surface area contributed by atoms with Gasteiger partial charge >= 0.3 is 6.03 Å². The van der Waals surface area contributed by atoms with Crippen LogP contribution in [-0.4, -0.2) is 54.7 Å². The molecule has 1 spiro atoms. The molecule has 1 aliphatic carbocycles. The highest BCUT2D eigenvalue weighted by molar-refractivity contribution is 6.07. The van der Waals surface area contributed by atoms with Crippen molar-refractivity contribution in [1.82, 2.24) is 15.1 Å². The van der Waals surface area contributed by atoms with Crippen molar-refractivity contribution in [2.45, 2.75) is 65.5 Å². The number of urea groups is 1. The number of amides is 3. The van der Waals surface area contributed by atoms with Gasteiger partial charge in [-0.2, -0.15) is 0 Å². The van der Waals surface area contributed by atoms with E-state index in [2.05, 4.69) is 26.1 Å². The molecular weight excluding hydrogens is 394 g/mol. The van der Waals surface area contributed by atoms with E-state index in [9.17, 15) is 9.59 Å². The Kier molecular flexibility index (Phi) is 6.84. The molecule has 172 valence electrons. The van der Waals surface area contributed by atoms with E-state index in [0.717, 1.165) is 31.2 Å². The van der Waals surface area contributed by atoms with Crippen LogP contribution in [0.3, 0.4) is 0 Å². The third kappa shape index (κ3) is 4.97. The summed E-state index contributed by atoms with van der Waals surface area (Å²) in [7, 11) is 3.53. The van der Waals surface area contributed by atoms with Crippen LogP contribution < -0.4 is 14.8 Å². The molecule has 1 heterocycles. The number of nitrogens with one attached hydrogen (secondary N) is 1. The molecule has 2 aliphatic rings. The molecule has 1 N–H and O–H groups in total. The molecular formula is C24H37N3O4. The number of ether oxygens (including phenoxy) is 2. The molecule has 3 amide bonds. The van der Waals surface area contributed by atoms with E-state index in [0.29, 0.717) is 30.6 Å². The Labute approximate surface area is 186 Å². The van der Waals surface area contributed by atoms with Gasteiger partial charge in [-0.3, -0.25) is 9.69 Å². The Morgan fingerprint density at radius 2 is 1.87 bits per heavy atom. The van der Waals surface area contributed by atoms with Gasteiger partial charge in [-0.25, -0.2) is 9.69 Å². The highest BCUT2D eigenvalue weighted by Gasteiger charge is 2.53. The second kappa shape index (κ2) is 9.07. The van der Waals surface area contributed by atoms with E-state index in [4.69, 9.17) is 9.47 Å². The van der Waals surface area contributed by atoms with Gasteiger partial charge in [0.2, 0.25) is 0 Å². The molecule has 3 rings (SSSR count). The van der Waals surface area contributed by atoms with Crippen molar-refractivity contribution < 1.29 is 19.1 Å². The number of hydrogen-bond acceptors (Lipinski definition) is 5. The first kappa shape index (κ1) is 23.4. The van der Waals surface area contributed by atoms with Crippen LogP contribution in [0.1, 0.15) is 58.9 Å². The molecule has 7 heteroatoms. The van der Waals surface area contributed by atoms with Gasteiger partial charge in [0.05, 0.1) is 20.4 Å². The van der Waals surface area contributed by atoms with Gasteiger partial charge in [-0.15, -0.1) is 0 Å². The summed E-state index contributed by atoms with van der Waals surface area (Å²) in [6.45, 7) is 10.1. The third-order valence-corrected chi connectivity index (χ3v) is 6.67. The molecule has 1 aromatic rings. The zero-order chi connectivity index (χ0) is 22.8. The second-order valence-corrected chi connectivity index (χ2v) is 9.96. The highest BCUT2D eigenvalue weighted by Crippen LogP contribution is 2.43. The van der Waals surface area contributed by atoms with Gasteiger partial charge in [0, 0.05) is 6.54 Å². The number of rotatable bonds is 7. The largest absolute Gasteiger partial charge is 0.493 e. The summed E-state index contributed by atoms with van der Waals surface area (Å²) in [5.74, 6) is 1.88. The fourth-order valence-corrected chi connectivity index (χ4v) is 4.81. The minimum Gasteiger partial charge on any atom is -0.493 e. The maximum Gasteiger partial charge on any atom is 0.326 e. The first-order valence-corrected chi connectivity index (χ1v) is 11.2. The van der Waals surface area contributed by atoms with Gasteiger partial charge in [0.25, 0.3) is 5.91 Å². The van der Waals surface area contributed by atoms with E-state index in [1.54, 1.807) is 7.11 Å². The topological polar surface area (TPSA) is 71.1 Å². The first-order valence-electron chi connectivity index (χ1n) is 11.2. The minimum absolute atomic E-state index is 0.0824. The average Bonchev–Trinajstić information content (AvgIpc) is 2.93. The molecule has 1 aromatic carbocycles. The van der Waals surface area contributed by atoms with Gasteiger partial charge in [0.1, 0.15) is 5.54 Å². The highest BCUT2D eigenvalue weighted by atomic mass is 16.5. The lowest BCUT2D eigenvalue weighted by molar-refractivity contribution is -0.134. The van der Waals surface area contributed by atoms with E-state index in [-0.39, 0.29) is 24.0 Å². The minimum atomic E-state index is -0.720. The van der Waals surface area contributed by atoms with Crippen LogP contribution >= 0.6 is 0 Å². The number of hydrogen-bond donors (Lipinski definition) is 1. The summed E-state index contributed by atoms with van der Waals surface area (Å²) >= 11 is 0. The van der Waals surface area contributed by atoms with Gasteiger partial charge in [0.15, 0.2) is 11.5 Å². The van der Waals surface area contributed by atoms with Gasteiger partial charge < -0.3 is 14.8 Å². The third-order valence-electron chi connectivity index (χ3n) is 6.67. The van der Waals surface area contributed by atoms with Crippen LogP contribution in [-0.2, 0) is 11.3 Å². The number of carbonyl (C=O) groups excluding carboxylic acids is 2. The van der Waals surface area contributed by atoms with Crippen molar-refractivity contribution in [2.75, 3.05) is 27.4 Å². The summed E-state index contributed by atoms with van der Waals surface area (Å²) in [4.78, 5) is 29.2. The van der Waals surface area contributed by atoms with Crippen LogP contribution in [0.2, 0.25) is 0 Å². The SMILES string of the molecule is CCOc1ccc(CN(C)CN2C(=O)NC3(CCC(C(C)(C)C)CC3)C2=O)cc1OC. The number of carbonyl (C=O) groups is 2. The fourth-order valence-electron chi connectivity index (χ4n) is 4.81. The Balaban J connectivity index is 1.63. The predicted molar refractivity (Wildman–Crippen MR) is 120 cm³/mol. The van der Waals surface area contributed by atoms with Crippen LogP contribution in [0.15, 0.2) is 18.2 Å². The zero-order valence-corrected chi connectivity index (χ0v) is 19.8. The molecule has 7 nitrogen and oxygen atoms in total. The van der Waals surface area contributed by atoms with Crippen LogP contribution in [0, 0.1) is 11.3 Å². The van der Waals surface area contributed by atoms with Crippen molar-refractivity contribution in [3.05, 3.63) is 23.8 Å². The van der Waals surface area contributed by atoms with Crippen molar-refractivity contribution in [3.63, 3.8) is 0 Å². The van der Waals surface area contributed by atoms with Gasteiger partial charge in [-0.1, -0.05) is 26.8 Å². The lowest BCUT2D eigenvalue weighted by Gasteiger charge is -2.40. The summed E-state index contributed by atoms with van der Waals surface area (Å²) in [6.07, 6.45) is 3.36. The molecule has 0 unspecified atom stereocenters. The van der Waals surface area contributed by atoms with E-state index < -0.39 is 5.54 Å². The molecule has 0 radical (unpaired) electrons. The quantitative estimate of drug-likeness (QED) is 0.661. The molecule has 1 aliphatic heterocycles. The molecule has 1 saturated heterocycles. The number of benzene rings is 1. The maximum atomic E-state index is 13.2. The Morgan fingerprint density at radius 3 is 2.45 bits per heavy atom. The smallest absolute Gasteiger partial charge is 0.326 e. The first-order chi connectivity index (χ1) is 14.6. The standard InChI is InChI=1S/C24H37N3O4/c1-7-31-19-9-8-17(14-20(19)30-6)15-26(5)16-27-21(28)24(25-22(27)29)12-10-18(11-13-24)23(2,3)4/h8-9,14,18H,7,10-13,15-16H2,1-6H3,(H,25,29). The van der Waals surface area contributed by atoms with Crippen LogP contribution in [0.25, 0.3) is 0 Å². The zero-order valence-electron chi connectivity index (χ0n) is 19.8. The number of nitrogens with zero attached hydrogens (tertiary/aromatic N) is 2. The summed E-state index contributed by atoms with van der Waals surface area (Å²) < 4.78 is 11.0. The van der Waals surface area contributed by atoms with Gasteiger partial charge in [-0.05, 0) is 68.7 Å². The van der Waals surface area contributed by atoms with E-state index in [1.165, 1.54) is 4.90 Å². The molecule has 2 fully saturated rings. The summed E-state index contributed by atoms with van der Waals surface area (Å²) in [6, 6.07) is 5.52. The average molecular weight is 432 g/mol. The van der Waals surface area contributed by atoms with Crippen molar-refractivity contribution in [3.8, 4) is 11.5 Å². The Bertz CT molecular complexity index is 810. The molecule has 0 aromatic heterocycles. The van der Waals surface area contributed by atoms with Crippen LogP contribution in [0.5, 0.6) is 11.5 Å². The second-order valence-electron chi connectivity index (χ2n) is 9.96. The lowest BCUT2D eigenvalue weighted by Crippen LogP contribution is -2.51. The Morgan fingerprint density at radius 1 is 1.19 bits per heavy atom. The molecule has 31 heavy (non-hydrogen) atoms. The van der Waals surface area contributed by atoms with E-state index in [1.807, 2.05) is 37.1 Å². The number of methoxy groups -OCH3 is 1. The number of imide groups is 1. The van der Waals surface area contributed by atoms with Crippen molar-refractivity contribution in [2.24, 2.45) is 11.3 Å². The van der Waals surface area contributed by atoms with E-state index >= 15 is 0 Å². The van der Waals surface area contributed by atoms with Crippen LogP contribution in [0.4, 0.5) is 4.79 Å². The Hall–Kier alpha value is -2.28. The summed E-state index contributed by atoms with van der Waals surface area (Å²) in [5, 5.41) is 3.02. The maximum absolute atomic E-state index is 13.2.